The maximum Gasteiger partial charge on any atom is 0.157 e. The van der Waals surface area contributed by atoms with Gasteiger partial charge in [0.15, 0.2) is 5.78 Å². The van der Waals surface area contributed by atoms with E-state index in [2.05, 4.69) is 5.10 Å². The van der Waals surface area contributed by atoms with Gasteiger partial charge in [0, 0.05) is 25.4 Å². The van der Waals surface area contributed by atoms with Crippen molar-refractivity contribution in [2.75, 3.05) is 0 Å². The fourth-order valence-electron chi connectivity index (χ4n) is 2.09. The molecule has 0 bridgehead atoms. The van der Waals surface area contributed by atoms with Crippen molar-refractivity contribution in [3.8, 4) is 0 Å². The van der Waals surface area contributed by atoms with E-state index >= 15 is 0 Å². The van der Waals surface area contributed by atoms with Crippen LogP contribution in [0.2, 0.25) is 0 Å². The summed E-state index contributed by atoms with van der Waals surface area (Å²) in [6.45, 7) is 1.77. The molecule has 0 aliphatic rings. The number of nitrogens with zero attached hydrogens (tertiary/aromatic N) is 2. The molecule has 0 aliphatic carbocycles. The molecule has 19 heavy (non-hydrogen) atoms. The van der Waals surface area contributed by atoms with Crippen molar-refractivity contribution in [2.45, 2.75) is 25.3 Å². The van der Waals surface area contributed by atoms with Crippen LogP contribution < -0.4 is 5.73 Å². The zero-order valence-corrected chi connectivity index (χ0v) is 11.3. The van der Waals surface area contributed by atoms with Crippen LogP contribution in [0.15, 0.2) is 42.6 Å². The predicted octanol–water partition coefficient (Wildman–Crippen LogP) is 1.80. The lowest BCUT2D eigenvalue weighted by atomic mass is 9.86. The second-order valence-corrected chi connectivity index (χ2v) is 4.94. The molecule has 1 aromatic carbocycles. The lowest BCUT2D eigenvalue weighted by Crippen LogP contribution is -2.42. The van der Waals surface area contributed by atoms with Crippen molar-refractivity contribution in [3.63, 3.8) is 0 Å². The minimum atomic E-state index is -0.931. The normalized spacial score (nSPS) is 14.1. The van der Waals surface area contributed by atoms with Gasteiger partial charge in [0.05, 0.1) is 5.54 Å². The van der Waals surface area contributed by atoms with Crippen molar-refractivity contribution in [1.82, 2.24) is 9.78 Å². The highest BCUT2D eigenvalue weighted by Crippen LogP contribution is 2.20. The third-order valence-corrected chi connectivity index (χ3v) is 3.48. The van der Waals surface area contributed by atoms with Gasteiger partial charge >= 0.3 is 0 Å². The van der Waals surface area contributed by atoms with Crippen LogP contribution >= 0.6 is 0 Å². The van der Waals surface area contributed by atoms with Gasteiger partial charge in [-0.3, -0.25) is 9.48 Å². The zero-order chi connectivity index (χ0) is 13.9. The number of hydrogen-bond donors (Lipinski definition) is 1. The van der Waals surface area contributed by atoms with Gasteiger partial charge in [0.1, 0.15) is 0 Å². The summed E-state index contributed by atoms with van der Waals surface area (Å²) >= 11 is 0. The maximum absolute atomic E-state index is 12.3. The van der Waals surface area contributed by atoms with E-state index < -0.39 is 5.54 Å². The van der Waals surface area contributed by atoms with Gasteiger partial charge in [0.25, 0.3) is 0 Å². The largest absolute Gasteiger partial charge is 0.315 e. The Kier molecular flexibility index (Phi) is 3.81. The number of hydrogen-bond acceptors (Lipinski definition) is 3. The molecule has 1 aromatic heterocycles. The number of aryl methyl sites for hydroxylation is 2. The molecule has 1 unspecified atom stereocenters. The molecule has 2 aromatic rings. The van der Waals surface area contributed by atoms with Crippen LogP contribution in [-0.2, 0) is 23.8 Å². The first-order chi connectivity index (χ1) is 9.01. The van der Waals surface area contributed by atoms with Crippen molar-refractivity contribution in [2.24, 2.45) is 12.8 Å². The predicted molar refractivity (Wildman–Crippen MR) is 74.5 cm³/mol. The number of carbonyl (C=O) groups excluding carboxylic acids is 1. The lowest BCUT2D eigenvalue weighted by Gasteiger charge is -2.23. The van der Waals surface area contributed by atoms with Crippen LogP contribution in [0, 0.1) is 0 Å². The molecular weight excluding hydrogens is 238 g/mol. The summed E-state index contributed by atoms with van der Waals surface area (Å²) < 4.78 is 1.78. The molecule has 0 amide bonds. The molecule has 0 saturated carbocycles. The summed E-state index contributed by atoms with van der Waals surface area (Å²) in [7, 11) is 1.87. The average Bonchev–Trinajstić information content (AvgIpc) is 2.82. The minimum absolute atomic E-state index is 0.0416. The highest BCUT2D eigenvalue weighted by molar-refractivity contribution is 5.89. The number of benzene rings is 1. The topological polar surface area (TPSA) is 60.9 Å². The first-order valence-corrected chi connectivity index (χ1v) is 6.36. The minimum Gasteiger partial charge on any atom is -0.315 e. The van der Waals surface area contributed by atoms with Crippen LogP contribution in [0.5, 0.6) is 0 Å². The second-order valence-electron chi connectivity index (χ2n) is 4.94. The van der Waals surface area contributed by atoms with Gasteiger partial charge in [-0.2, -0.15) is 5.10 Å². The van der Waals surface area contributed by atoms with Gasteiger partial charge in [-0.1, -0.05) is 30.3 Å². The summed E-state index contributed by atoms with van der Waals surface area (Å²) in [5.74, 6) is 0.0416. The molecule has 0 aliphatic heterocycles. The molecule has 1 heterocycles. The van der Waals surface area contributed by atoms with Gasteiger partial charge < -0.3 is 5.73 Å². The fourth-order valence-corrected chi connectivity index (χ4v) is 2.09. The Morgan fingerprint density at radius 2 is 2.00 bits per heavy atom. The van der Waals surface area contributed by atoms with E-state index in [0.29, 0.717) is 12.8 Å². The molecule has 4 nitrogen and oxygen atoms in total. The second kappa shape index (κ2) is 5.36. The number of nitrogens with two attached hydrogens (primary N) is 1. The van der Waals surface area contributed by atoms with E-state index in [0.717, 1.165) is 11.3 Å². The Morgan fingerprint density at radius 3 is 2.58 bits per heavy atom. The van der Waals surface area contributed by atoms with E-state index in [1.54, 1.807) is 17.8 Å². The van der Waals surface area contributed by atoms with E-state index in [1.807, 2.05) is 43.4 Å². The van der Waals surface area contributed by atoms with Crippen LogP contribution in [0.25, 0.3) is 0 Å². The van der Waals surface area contributed by atoms with E-state index in [4.69, 9.17) is 5.73 Å². The van der Waals surface area contributed by atoms with E-state index in [9.17, 15) is 4.79 Å². The number of Topliss-reactive ketones (excluding diaryl/α,β-unsaturated/α-hetero) is 1. The van der Waals surface area contributed by atoms with E-state index in [-0.39, 0.29) is 5.78 Å². The molecule has 0 radical (unpaired) electrons. The standard InChI is InChI=1S/C15H19N3O/c1-15(16,12-6-4-3-5-7-12)14(19)9-8-13-10-11-17-18(13)2/h3-7,10-11H,8-9,16H2,1-2H3. The van der Waals surface area contributed by atoms with Gasteiger partial charge in [-0.05, 0) is 25.0 Å². The van der Waals surface area contributed by atoms with Gasteiger partial charge in [-0.15, -0.1) is 0 Å². The number of aromatic nitrogens is 2. The lowest BCUT2D eigenvalue weighted by molar-refractivity contribution is -0.123. The quantitative estimate of drug-likeness (QED) is 0.888. The summed E-state index contributed by atoms with van der Waals surface area (Å²) in [6.07, 6.45) is 2.81. The third-order valence-electron chi connectivity index (χ3n) is 3.48. The molecule has 100 valence electrons. The molecule has 0 saturated heterocycles. The zero-order valence-electron chi connectivity index (χ0n) is 11.3. The number of ketones is 1. The Bertz CT molecular complexity index is 558. The van der Waals surface area contributed by atoms with E-state index in [1.165, 1.54) is 0 Å². The van der Waals surface area contributed by atoms with Crippen LogP contribution in [0.3, 0.4) is 0 Å². The molecule has 2 N–H and O–H groups in total. The fraction of sp³-hybridized carbons (Fsp3) is 0.333. The van der Waals surface area contributed by atoms with Gasteiger partial charge in [-0.25, -0.2) is 0 Å². The molecule has 0 fully saturated rings. The summed E-state index contributed by atoms with van der Waals surface area (Å²) in [5.41, 5.74) is 7.15. The molecular formula is C15H19N3O. The molecule has 4 heteroatoms. The first kappa shape index (κ1) is 13.5. The average molecular weight is 257 g/mol. The van der Waals surface area contributed by atoms with Crippen LogP contribution in [0.1, 0.15) is 24.6 Å². The maximum atomic E-state index is 12.3. The van der Waals surface area contributed by atoms with Crippen LogP contribution in [-0.4, -0.2) is 15.6 Å². The summed E-state index contributed by atoms with van der Waals surface area (Å²) in [5, 5.41) is 4.09. The Balaban J connectivity index is 2.05. The van der Waals surface area contributed by atoms with Gasteiger partial charge in [0.2, 0.25) is 0 Å². The van der Waals surface area contributed by atoms with Crippen molar-refractivity contribution >= 4 is 5.78 Å². The molecule has 0 spiro atoms. The monoisotopic (exact) mass is 257 g/mol. The van der Waals surface area contributed by atoms with Crippen molar-refractivity contribution in [3.05, 3.63) is 53.9 Å². The molecule has 1 atom stereocenters. The Morgan fingerprint density at radius 1 is 1.32 bits per heavy atom. The van der Waals surface area contributed by atoms with Crippen LogP contribution in [0.4, 0.5) is 0 Å². The first-order valence-electron chi connectivity index (χ1n) is 6.36. The SMILES string of the molecule is Cn1nccc1CCC(=O)C(C)(N)c1ccccc1. The Hall–Kier alpha value is -1.94. The smallest absolute Gasteiger partial charge is 0.157 e. The summed E-state index contributed by atoms with van der Waals surface area (Å²) in [4.78, 5) is 12.3. The number of rotatable bonds is 5. The summed E-state index contributed by atoms with van der Waals surface area (Å²) in [6, 6.07) is 11.4. The van der Waals surface area contributed by atoms with Crippen molar-refractivity contribution in [1.29, 1.82) is 0 Å². The van der Waals surface area contributed by atoms with Crippen molar-refractivity contribution < 1.29 is 4.79 Å². The number of carbonyl (C=O) groups is 1. The highest BCUT2D eigenvalue weighted by atomic mass is 16.1. The Labute approximate surface area is 113 Å². The highest BCUT2D eigenvalue weighted by Gasteiger charge is 2.29. The molecule has 2 rings (SSSR count). The third kappa shape index (κ3) is 2.90.